The minimum atomic E-state index is -1.98. The van der Waals surface area contributed by atoms with Crippen LogP contribution in [0.1, 0.15) is 27.2 Å². The first-order chi connectivity index (χ1) is 9.64. The van der Waals surface area contributed by atoms with Crippen molar-refractivity contribution in [1.82, 2.24) is 9.13 Å². The number of rotatable bonds is 6. The molecule has 122 valence electrons. The van der Waals surface area contributed by atoms with Crippen LogP contribution in [0.4, 0.5) is 4.79 Å². The zero-order valence-corrected chi connectivity index (χ0v) is 16.4. The topological polar surface area (TPSA) is 66.6 Å². The summed E-state index contributed by atoms with van der Waals surface area (Å²) in [5, 5.41) is 0. The largest absolute Gasteiger partial charge is 0.368 e. The van der Waals surface area contributed by atoms with E-state index in [1.54, 1.807) is 0 Å². The van der Waals surface area contributed by atoms with Crippen molar-refractivity contribution in [3.8, 4) is 0 Å². The van der Waals surface area contributed by atoms with Gasteiger partial charge in [-0.1, -0.05) is 40.4 Å². The van der Waals surface area contributed by atoms with Gasteiger partial charge in [0.05, 0.1) is 0 Å². The molecule has 5 nitrogen and oxygen atoms in total. The summed E-state index contributed by atoms with van der Waals surface area (Å²) in [6.45, 7) is 13.7. The highest BCUT2D eigenvalue weighted by Crippen LogP contribution is 2.32. The average Bonchev–Trinajstić information content (AvgIpc) is 2.77. The number of nitrogens with two attached hydrogens (primary N) is 1. The molecule has 3 amide bonds. The molecule has 1 atom stereocenters. The summed E-state index contributed by atoms with van der Waals surface area (Å²) in [7, 11) is -3.66. The number of primary amides is 1. The van der Waals surface area contributed by atoms with Gasteiger partial charge in [0.2, 0.25) is 5.91 Å². The van der Waals surface area contributed by atoms with Crippen LogP contribution < -0.4 is 5.73 Å². The van der Waals surface area contributed by atoms with E-state index in [0.717, 1.165) is 31.1 Å². The number of urea groups is 1. The van der Waals surface area contributed by atoms with E-state index in [9.17, 15) is 9.59 Å². The highest BCUT2D eigenvalue weighted by Gasteiger charge is 2.48. The molecule has 0 aromatic carbocycles. The summed E-state index contributed by atoms with van der Waals surface area (Å²) >= 11 is 0. The Balaban J connectivity index is 3.15. The van der Waals surface area contributed by atoms with Crippen LogP contribution in [0.25, 0.3) is 0 Å². The molecule has 1 fully saturated rings. The summed E-state index contributed by atoms with van der Waals surface area (Å²) in [6.07, 6.45) is 0.737. The predicted molar refractivity (Wildman–Crippen MR) is 92.1 cm³/mol. The third kappa shape index (κ3) is 3.34. The van der Waals surface area contributed by atoms with Gasteiger partial charge in [-0.15, -0.1) is 0 Å². The van der Waals surface area contributed by atoms with Crippen LogP contribution in [-0.4, -0.2) is 50.1 Å². The van der Waals surface area contributed by atoms with Crippen molar-refractivity contribution in [3.05, 3.63) is 0 Å². The van der Waals surface area contributed by atoms with E-state index in [0.29, 0.717) is 0 Å². The lowest BCUT2D eigenvalue weighted by molar-refractivity contribution is -0.127. The third-order valence-corrected chi connectivity index (χ3v) is 12.6. The number of carbonyl (C=O) groups excluding carboxylic acids is 2. The average molecular weight is 330 g/mol. The summed E-state index contributed by atoms with van der Waals surface area (Å²) in [5.74, 6) is 0.125. The normalized spacial score (nSPS) is 20.0. The molecule has 0 aromatic rings. The van der Waals surface area contributed by atoms with Gasteiger partial charge in [-0.25, -0.2) is 4.79 Å². The summed E-state index contributed by atoms with van der Waals surface area (Å²) in [6, 6.07) is 2.16. The van der Waals surface area contributed by atoms with Gasteiger partial charge < -0.3 is 14.9 Å². The molecule has 1 rings (SSSR count). The maximum absolute atomic E-state index is 12.8. The highest BCUT2D eigenvalue weighted by molar-refractivity contribution is 6.79. The molecule has 1 heterocycles. The second-order valence-electron chi connectivity index (χ2n) is 6.96. The molecule has 1 unspecified atom stereocenters. The van der Waals surface area contributed by atoms with Crippen molar-refractivity contribution in [2.24, 2.45) is 5.73 Å². The molecular weight excluding hydrogens is 298 g/mol. The molecule has 0 aromatic heterocycles. The molecule has 0 aliphatic carbocycles. The minimum absolute atomic E-state index is 0.125. The van der Waals surface area contributed by atoms with Gasteiger partial charge >= 0.3 is 6.03 Å². The lowest BCUT2D eigenvalue weighted by Crippen LogP contribution is -2.63. The Morgan fingerprint density at radius 1 is 1.24 bits per heavy atom. The van der Waals surface area contributed by atoms with Crippen molar-refractivity contribution < 1.29 is 9.59 Å². The van der Waals surface area contributed by atoms with E-state index in [1.165, 1.54) is 0 Å². The van der Waals surface area contributed by atoms with E-state index in [2.05, 4.69) is 40.4 Å². The summed E-state index contributed by atoms with van der Waals surface area (Å²) in [5.41, 5.74) is 5.71. The number of hydrogen-bond donors (Lipinski definition) is 1. The Hall–Kier alpha value is -0.826. The lowest BCUT2D eigenvalue weighted by atomic mass is 10.2. The zero-order valence-electron chi connectivity index (χ0n) is 14.4. The minimum Gasteiger partial charge on any atom is -0.368 e. The Morgan fingerprint density at radius 2 is 1.71 bits per heavy atom. The lowest BCUT2D eigenvalue weighted by Gasteiger charge is -2.43. The summed E-state index contributed by atoms with van der Waals surface area (Å²) < 4.78 is 3.85. The second kappa shape index (κ2) is 6.52. The number of amides is 3. The first-order valence-corrected chi connectivity index (χ1v) is 14.1. The molecule has 0 radical (unpaired) electrons. The molecule has 0 spiro atoms. The van der Waals surface area contributed by atoms with Gasteiger partial charge in [0, 0.05) is 6.54 Å². The maximum atomic E-state index is 12.8. The van der Waals surface area contributed by atoms with E-state index in [4.69, 9.17) is 5.73 Å². The fraction of sp³-hybridized carbons (Fsp3) is 0.857. The summed E-state index contributed by atoms with van der Waals surface area (Å²) in [4.78, 5) is 25.0. The number of nitrogens with zero attached hydrogens (tertiary/aromatic N) is 2. The molecule has 0 bridgehead atoms. The van der Waals surface area contributed by atoms with Crippen LogP contribution in [0, 0.1) is 0 Å². The standard InChI is InChI=1S/C14H31N3O2Si2/c1-7-21(8-2,9-3)17(14(15)19)12-10-11-16(13(12)18)20(4,5)6/h12H,7-11H2,1-6H3,(H2,15,19). The molecule has 1 aliphatic heterocycles. The first-order valence-electron chi connectivity index (χ1n) is 8.04. The van der Waals surface area contributed by atoms with Crippen molar-refractivity contribution in [2.75, 3.05) is 6.54 Å². The van der Waals surface area contributed by atoms with Crippen LogP contribution in [0.2, 0.25) is 37.8 Å². The third-order valence-electron chi connectivity index (χ3n) is 5.02. The number of carbonyl (C=O) groups is 2. The second-order valence-corrected chi connectivity index (χ2v) is 16.9. The molecule has 7 heteroatoms. The van der Waals surface area contributed by atoms with Gasteiger partial charge in [0.25, 0.3) is 0 Å². The molecular formula is C14H31N3O2Si2. The Morgan fingerprint density at radius 3 is 2.00 bits per heavy atom. The van der Waals surface area contributed by atoms with Crippen molar-refractivity contribution in [1.29, 1.82) is 0 Å². The Labute approximate surface area is 131 Å². The van der Waals surface area contributed by atoms with Crippen molar-refractivity contribution in [3.63, 3.8) is 0 Å². The van der Waals surface area contributed by atoms with E-state index in [1.807, 2.05) is 9.13 Å². The van der Waals surface area contributed by atoms with Crippen molar-refractivity contribution >= 4 is 28.4 Å². The van der Waals surface area contributed by atoms with Gasteiger partial charge in [0.1, 0.15) is 6.04 Å². The predicted octanol–water partition coefficient (Wildman–Crippen LogP) is 2.81. The molecule has 0 saturated carbocycles. The Bertz CT molecular complexity index is 397. The van der Waals surface area contributed by atoms with E-state index < -0.39 is 22.5 Å². The van der Waals surface area contributed by atoms with E-state index >= 15 is 0 Å². The monoisotopic (exact) mass is 329 g/mol. The first kappa shape index (κ1) is 18.2. The maximum Gasteiger partial charge on any atom is 0.307 e. The van der Waals surface area contributed by atoms with Crippen LogP contribution in [0.3, 0.4) is 0 Å². The molecule has 2 N–H and O–H groups in total. The number of hydrogen-bond acceptors (Lipinski definition) is 2. The molecule has 1 aliphatic rings. The Kier molecular flexibility index (Phi) is 5.65. The van der Waals surface area contributed by atoms with Crippen LogP contribution in [0.15, 0.2) is 0 Å². The smallest absolute Gasteiger partial charge is 0.307 e. The van der Waals surface area contributed by atoms with E-state index in [-0.39, 0.29) is 11.9 Å². The quantitative estimate of drug-likeness (QED) is 0.761. The SMILES string of the molecule is CC[Si](CC)(CC)N(C(N)=O)C1CCN([Si](C)(C)C)C1=O. The van der Waals surface area contributed by atoms with Crippen LogP contribution >= 0.6 is 0 Å². The highest BCUT2D eigenvalue weighted by atomic mass is 28.3. The fourth-order valence-electron chi connectivity index (χ4n) is 3.55. The van der Waals surface area contributed by atoms with Crippen molar-refractivity contribution in [2.45, 2.75) is 71.0 Å². The molecule has 1 saturated heterocycles. The zero-order chi connectivity index (χ0) is 16.4. The fourth-order valence-corrected chi connectivity index (χ4v) is 9.05. The molecule has 21 heavy (non-hydrogen) atoms. The van der Waals surface area contributed by atoms with Crippen LogP contribution in [-0.2, 0) is 4.79 Å². The van der Waals surface area contributed by atoms with Gasteiger partial charge in [0.15, 0.2) is 16.5 Å². The van der Waals surface area contributed by atoms with Crippen LogP contribution in [0.5, 0.6) is 0 Å². The van der Waals surface area contributed by atoms with Gasteiger partial charge in [-0.3, -0.25) is 4.79 Å². The van der Waals surface area contributed by atoms with Gasteiger partial charge in [-0.2, -0.15) is 0 Å². The van der Waals surface area contributed by atoms with Gasteiger partial charge in [-0.05, 0) is 24.6 Å².